The number of carboxylic acids is 1. The van der Waals surface area contributed by atoms with E-state index in [1.165, 1.54) is 6.08 Å². The molecule has 15 heavy (non-hydrogen) atoms. The number of aliphatic hydroxyl groups excluding tert-OH is 1. The zero-order valence-corrected chi connectivity index (χ0v) is 11.6. The molecule has 5 heteroatoms. The molecule has 0 fully saturated rings. The molecule has 0 aromatic carbocycles. The number of unbranched alkanes of at least 4 members (excludes halogenated alkanes) is 2. The van der Waals surface area contributed by atoms with Crippen LogP contribution in [0.4, 0.5) is 0 Å². The monoisotopic (exact) mass is 223 g/mol. The number of hydrogen-bond donors (Lipinski definition) is 1. The molecule has 0 amide bonds. The molecule has 0 radical (unpaired) electrons. The van der Waals surface area contributed by atoms with Gasteiger partial charge in [-0.2, -0.15) is 0 Å². The quantitative estimate of drug-likeness (QED) is 0.276. The van der Waals surface area contributed by atoms with E-state index in [2.05, 4.69) is 6.92 Å². The van der Waals surface area contributed by atoms with Crippen LogP contribution in [-0.4, -0.2) is 35.6 Å². The molecule has 0 atom stereocenters. The molecule has 0 heterocycles. The van der Waals surface area contributed by atoms with E-state index in [0.29, 0.717) is 6.54 Å². The van der Waals surface area contributed by atoms with Crippen molar-refractivity contribution in [3.05, 3.63) is 12.3 Å². The summed E-state index contributed by atoms with van der Waals surface area (Å²) in [5.74, 6) is -1.08. The molecule has 82 valence electrons. The Hall–Kier alpha value is -0.0300. The minimum Gasteiger partial charge on any atom is -0.549 e. The van der Waals surface area contributed by atoms with Crippen molar-refractivity contribution in [1.29, 1.82) is 0 Å². The van der Waals surface area contributed by atoms with Crippen molar-refractivity contribution in [2.24, 2.45) is 0 Å². The van der Waals surface area contributed by atoms with Gasteiger partial charge < -0.3 is 15.0 Å². The van der Waals surface area contributed by atoms with Crippen LogP contribution in [0, 0.1) is 0 Å². The molecule has 0 aromatic heterocycles. The standard InChI is InChI=1S/C10H19NO3.Na/c1-2-3-4-6-11(7-5-8-12)9-10(13)14;/h5,8,12H,2-4,6-7,9H2,1H3,(H,13,14);/q;+1/p-1. The molecule has 0 bridgehead atoms. The number of aliphatic carboxylic acids is 1. The van der Waals surface area contributed by atoms with Crippen molar-refractivity contribution in [3.63, 3.8) is 0 Å². The average Bonchev–Trinajstić information content (AvgIpc) is 2.13. The third kappa shape index (κ3) is 11.9. The molecule has 0 aliphatic heterocycles. The molecule has 1 N–H and O–H groups in total. The van der Waals surface area contributed by atoms with Crippen LogP contribution in [-0.2, 0) is 4.79 Å². The molecule has 0 saturated carbocycles. The minimum absolute atomic E-state index is 0. The topological polar surface area (TPSA) is 63.6 Å². The summed E-state index contributed by atoms with van der Waals surface area (Å²) in [6.45, 7) is 3.20. The number of hydrogen-bond acceptors (Lipinski definition) is 4. The zero-order valence-electron chi connectivity index (χ0n) is 9.61. The number of carboxylic acid groups (broad SMARTS) is 1. The van der Waals surface area contributed by atoms with Gasteiger partial charge in [0.25, 0.3) is 0 Å². The van der Waals surface area contributed by atoms with Gasteiger partial charge in [0.15, 0.2) is 0 Å². The summed E-state index contributed by atoms with van der Waals surface area (Å²) in [4.78, 5) is 12.1. The van der Waals surface area contributed by atoms with Crippen molar-refractivity contribution < 1.29 is 44.6 Å². The summed E-state index contributed by atoms with van der Waals surface area (Å²) in [6.07, 6.45) is 5.63. The average molecular weight is 223 g/mol. The van der Waals surface area contributed by atoms with E-state index in [0.717, 1.165) is 32.1 Å². The Kier molecular flexibility index (Phi) is 13.9. The number of carbonyl (C=O) groups is 1. The maximum Gasteiger partial charge on any atom is 1.00 e. The fraction of sp³-hybridized carbons (Fsp3) is 0.700. The Labute approximate surface area is 113 Å². The number of nitrogens with zero attached hydrogens (tertiary/aromatic N) is 1. The summed E-state index contributed by atoms with van der Waals surface area (Å²) >= 11 is 0. The first-order chi connectivity index (χ1) is 6.70. The molecule has 0 aliphatic carbocycles. The van der Waals surface area contributed by atoms with Gasteiger partial charge in [0.1, 0.15) is 0 Å². The van der Waals surface area contributed by atoms with Gasteiger partial charge in [-0.25, -0.2) is 0 Å². The molecule has 0 unspecified atom stereocenters. The Morgan fingerprint density at radius 3 is 2.60 bits per heavy atom. The van der Waals surface area contributed by atoms with Crippen LogP contribution in [0.15, 0.2) is 12.3 Å². The van der Waals surface area contributed by atoms with Crippen LogP contribution in [0.1, 0.15) is 26.2 Å². The van der Waals surface area contributed by atoms with Gasteiger partial charge >= 0.3 is 29.6 Å². The Balaban J connectivity index is 0. The van der Waals surface area contributed by atoms with Crippen molar-refractivity contribution in [2.45, 2.75) is 26.2 Å². The van der Waals surface area contributed by atoms with E-state index in [1.54, 1.807) is 4.90 Å². The van der Waals surface area contributed by atoms with Gasteiger partial charge in [0.2, 0.25) is 0 Å². The summed E-state index contributed by atoms with van der Waals surface area (Å²) < 4.78 is 0. The van der Waals surface area contributed by atoms with E-state index in [1.807, 2.05) is 0 Å². The second-order valence-corrected chi connectivity index (χ2v) is 3.20. The first-order valence-corrected chi connectivity index (χ1v) is 4.92. The fourth-order valence-electron chi connectivity index (χ4n) is 1.20. The van der Waals surface area contributed by atoms with Crippen molar-refractivity contribution in [1.82, 2.24) is 4.90 Å². The normalized spacial score (nSPS) is 10.5. The second-order valence-electron chi connectivity index (χ2n) is 3.20. The van der Waals surface area contributed by atoms with Gasteiger partial charge in [-0.05, 0) is 19.0 Å². The molecule has 0 spiro atoms. The van der Waals surface area contributed by atoms with Gasteiger partial charge in [-0.15, -0.1) is 0 Å². The van der Waals surface area contributed by atoms with Crippen molar-refractivity contribution >= 4 is 5.97 Å². The van der Waals surface area contributed by atoms with E-state index < -0.39 is 5.97 Å². The predicted molar refractivity (Wildman–Crippen MR) is 52.7 cm³/mol. The summed E-state index contributed by atoms with van der Waals surface area (Å²) in [7, 11) is 0. The second kappa shape index (κ2) is 12.0. The number of rotatable bonds is 8. The van der Waals surface area contributed by atoms with Crippen LogP contribution in [0.5, 0.6) is 0 Å². The van der Waals surface area contributed by atoms with Crippen molar-refractivity contribution in [3.8, 4) is 0 Å². The molecular formula is C10H18NNaO3. The van der Waals surface area contributed by atoms with E-state index >= 15 is 0 Å². The van der Waals surface area contributed by atoms with Crippen LogP contribution in [0.3, 0.4) is 0 Å². The Bertz CT molecular complexity index is 186. The summed E-state index contributed by atoms with van der Waals surface area (Å²) in [6, 6.07) is 0. The number of aliphatic hydroxyl groups is 1. The SMILES string of the molecule is CCCCCN(CC=CO)CC(=O)[O-].[Na+]. The molecule has 0 aromatic rings. The van der Waals surface area contributed by atoms with Crippen molar-refractivity contribution in [2.75, 3.05) is 19.6 Å². The summed E-state index contributed by atoms with van der Waals surface area (Å²) in [5, 5.41) is 18.8. The van der Waals surface area contributed by atoms with E-state index in [9.17, 15) is 9.90 Å². The molecule has 0 aliphatic rings. The molecule has 0 rings (SSSR count). The maximum atomic E-state index is 10.4. The largest absolute Gasteiger partial charge is 1.00 e. The van der Waals surface area contributed by atoms with E-state index in [4.69, 9.17) is 5.11 Å². The van der Waals surface area contributed by atoms with Crippen LogP contribution >= 0.6 is 0 Å². The van der Waals surface area contributed by atoms with Gasteiger partial charge in [-0.3, -0.25) is 4.90 Å². The fourth-order valence-corrected chi connectivity index (χ4v) is 1.20. The molecule has 4 nitrogen and oxygen atoms in total. The Morgan fingerprint density at radius 2 is 2.13 bits per heavy atom. The summed E-state index contributed by atoms with van der Waals surface area (Å²) in [5.41, 5.74) is 0. The van der Waals surface area contributed by atoms with Gasteiger partial charge in [0.05, 0.1) is 12.2 Å². The Morgan fingerprint density at radius 1 is 1.47 bits per heavy atom. The maximum absolute atomic E-state index is 10.4. The smallest absolute Gasteiger partial charge is 0.549 e. The van der Waals surface area contributed by atoms with Crippen LogP contribution < -0.4 is 34.7 Å². The van der Waals surface area contributed by atoms with Gasteiger partial charge in [-0.1, -0.05) is 19.8 Å². The zero-order chi connectivity index (χ0) is 10.8. The first kappa shape index (κ1) is 17.4. The minimum atomic E-state index is -1.08. The molecule has 0 saturated heterocycles. The third-order valence-corrected chi connectivity index (χ3v) is 1.90. The van der Waals surface area contributed by atoms with Crippen LogP contribution in [0.2, 0.25) is 0 Å². The molecular weight excluding hydrogens is 205 g/mol. The predicted octanol–water partition coefficient (Wildman–Crippen LogP) is -2.70. The van der Waals surface area contributed by atoms with Gasteiger partial charge in [0, 0.05) is 13.1 Å². The number of carbonyl (C=O) groups excluding carboxylic acids is 1. The van der Waals surface area contributed by atoms with Crippen LogP contribution in [0.25, 0.3) is 0 Å². The third-order valence-electron chi connectivity index (χ3n) is 1.90. The van der Waals surface area contributed by atoms with E-state index in [-0.39, 0.29) is 36.1 Å². The first-order valence-electron chi connectivity index (χ1n) is 4.92.